The van der Waals surface area contributed by atoms with Crippen molar-refractivity contribution in [1.82, 2.24) is 0 Å². The van der Waals surface area contributed by atoms with Gasteiger partial charge in [-0.05, 0) is 25.0 Å². The number of allylic oxidation sites excluding steroid dienone is 3. The Kier molecular flexibility index (Phi) is 5.09. The van der Waals surface area contributed by atoms with Gasteiger partial charge < -0.3 is 15.2 Å². The van der Waals surface area contributed by atoms with E-state index in [1.807, 2.05) is 55.5 Å². The Morgan fingerprint density at radius 2 is 1.93 bits per heavy atom. The molecule has 0 spiro atoms. The number of ketones is 1. The van der Waals surface area contributed by atoms with Gasteiger partial charge >= 0.3 is 0 Å². The minimum atomic E-state index is -0.564. The predicted octanol–water partition coefficient (Wildman–Crippen LogP) is 4.39. The molecule has 0 saturated carbocycles. The lowest BCUT2D eigenvalue weighted by molar-refractivity contribution is -0.116. The van der Waals surface area contributed by atoms with E-state index < -0.39 is 5.92 Å². The van der Waals surface area contributed by atoms with Gasteiger partial charge in [-0.15, -0.1) is 0 Å². The molecule has 5 nitrogen and oxygen atoms in total. The second-order valence-electron chi connectivity index (χ2n) is 7.35. The Balaban J connectivity index is 1.73. The third kappa shape index (κ3) is 3.62. The molecule has 0 bridgehead atoms. The summed E-state index contributed by atoms with van der Waals surface area (Å²) in [5.41, 5.74) is 9.82. The van der Waals surface area contributed by atoms with Gasteiger partial charge in [-0.1, -0.05) is 48.0 Å². The molecule has 2 N–H and O–H groups in total. The summed E-state index contributed by atoms with van der Waals surface area (Å²) >= 11 is 0. The fraction of sp³-hybridized carbons (Fsp3) is 0.250. The van der Waals surface area contributed by atoms with E-state index in [4.69, 9.17) is 15.2 Å². The molecule has 0 amide bonds. The number of nitrogens with two attached hydrogens (primary N) is 1. The number of hydrogen-bond acceptors (Lipinski definition) is 5. The molecule has 1 aliphatic carbocycles. The fourth-order valence-electron chi connectivity index (χ4n) is 3.86. The maximum Gasteiger partial charge on any atom is 0.205 e. The lowest BCUT2D eigenvalue weighted by Crippen LogP contribution is -2.27. The first kappa shape index (κ1) is 18.8. The molecule has 4 rings (SSSR count). The molecular formula is C24H22N2O3. The molecule has 1 aliphatic heterocycles. The van der Waals surface area contributed by atoms with Gasteiger partial charge in [0.05, 0.1) is 5.92 Å². The molecule has 1 unspecified atom stereocenters. The molecule has 146 valence electrons. The van der Waals surface area contributed by atoms with Crippen LogP contribution in [0.15, 0.2) is 71.3 Å². The highest BCUT2D eigenvalue weighted by atomic mass is 16.5. The SMILES string of the molecule is Cc1ccc(COc2ccccc2C2C(C#N)=C(N)OC3=C2C(=O)CCC3)cc1. The van der Waals surface area contributed by atoms with Crippen molar-refractivity contribution in [2.75, 3.05) is 0 Å². The number of ether oxygens (including phenoxy) is 2. The molecule has 0 saturated heterocycles. The van der Waals surface area contributed by atoms with E-state index in [0.717, 1.165) is 17.5 Å². The van der Waals surface area contributed by atoms with Crippen molar-refractivity contribution in [2.24, 2.45) is 5.73 Å². The van der Waals surface area contributed by atoms with E-state index in [2.05, 4.69) is 6.07 Å². The van der Waals surface area contributed by atoms with Gasteiger partial charge in [0.1, 0.15) is 29.8 Å². The zero-order valence-corrected chi connectivity index (χ0v) is 16.3. The van der Waals surface area contributed by atoms with Gasteiger partial charge in [-0.3, -0.25) is 4.79 Å². The van der Waals surface area contributed by atoms with Gasteiger partial charge in [0.15, 0.2) is 5.78 Å². The van der Waals surface area contributed by atoms with Gasteiger partial charge in [0.2, 0.25) is 5.88 Å². The summed E-state index contributed by atoms with van der Waals surface area (Å²) in [6.07, 6.45) is 1.82. The number of nitriles is 1. The van der Waals surface area contributed by atoms with Crippen molar-refractivity contribution >= 4 is 5.78 Å². The number of carbonyl (C=O) groups is 1. The van der Waals surface area contributed by atoms with Crippen LogP contribution in [0.25, 0.3) is 0 Å². The van der Waals surface area contributed by atoms with Crippen molar-refractivity contribution < 1.29 is 14.3 Å². The van der Waals surface area contributed by atoms with Gasteiger partial charge in [-0.25, -0.2) is 0 Å². The third-order valence-electron chi connectivity index (χ3n) is 5.35. The minimum Gasteiger partial charge on any atom is -0.489 e. The first-order chi connectivity index (χ1) is 14.1. The molecule has 29 heavy (non-hydrogen) atoms. The van der Waals surface area contributed by atoms with Crippen molar-refractivity contribution in [3.63, 3.8) is 0 Å². The molecule has 2 aromatic rings. The minimum absolute atomic E-state index is 0.00448. The number of para-hydroxylation sites is 1. The topological polar surface area (TPSA) is 85.3 Å². The molecule has 1 atom stereocenters. The Bertz CT molecular complexity index is 1060. The van der Waals surface area contributed by atoms with Crippen LogP contribution >= 0.6 is 0 Å². The Labute approximate surface area is 170 Å². The molecule has 0 radical (unpaired) electrons. The van der Waals surface area contributed by atoms with E-state index >= 15 is 0 Å². The highest BCUT2D eigenvalue weighted by Gasteiger charge is 2.39. The van der Waals surface area contributed by atoms with Crippen LogP contribution in [0.4, 0.5) is 0 Å². The number of aryl methyl sites for hydroxylation is 1. The summed E-state index contributed by atoms with van der Waals surface area (Å²) < 4.78 is 11.8. The largest absolute Gasteiger partial charge is 0.489 e. The number of hydrogen-bond donors (Lipinski definition) is 1. The van der Waals surface area contributed by atoms with Crippen LogP contribution in [-0.4, -0.2) is 5.78 Å². The number of carbonyl (C=O) groups excluding carboxylic acids is 1. The van der Waals surface area contributed by atoms with Crippen LogP contribution < -0.4 is 10.5 Å². The van der Waals surface area contributed by atoms with E-state index in [-0.39, 0.29) is 17.2 Å². The molecule has 0 fully saturated rings. The van der Waals surface area contributed by atoms with Crippen LogP contribution in [0, 0.1) is 18.3 Å². The van der Waals surface area contributed by atoms with E-state index in [1.54, 1.807) is 0 Å². The normalized spacial score (nSPS) is 18.8. The van der Waals surface area contributed by atoms with Crippen LogP contribution in [0.3, 0.4) is 0 Å². The summed E-state index contributed by atoms with van der Waals surface area (Å²) in [5, 5.41) is 9.75. The van der Waals surface area contributed by atoms with Gasteiger partial charge in [0, 0.05) is 24.0 Å². The summed E-state index contributed by atoms with van der Waals surface area (Å²) in [6.45, 7) is 2.43. The zero-order valence-electron chi connectivity index (χ0n) is 16.3. The molecule has 0 aromatic heterocycles. The maximum atomic E-state index is 12.8. The van der Waals surface area contributed by atoms with Crippen LogP contribution in [-0.2, 0) is 16.1 Å². The number of Topliss-reactive ketones (excluding diaryl/α,β-unsaturated/α-hetero) is 1. The highest BCUT2D eigenvalue weighted by molar-refractivity contribution is 5.99. The lowest BCUT2D eigenvalue weighted by Gasteiger charge is -2.31. The van der Waals surface area contributed by atoms with Crippen molar-refractivity contribution in [2.45, 2.75) is 38.7 Å². The number of nitrogens with zero attached hydrogens (tertiary/aromatic N) is 1. The van der Waals surface area contributed by atoms with Crippen LogP contribution in [0.5, 0.6) is 5.75 Å². The Hall–Kier alpha value is -3.52. The second-order valence-corrected chi connectivity index (χ2v) is 7.35. The van der Waals surface area contributed by atoms with E-state index in [1.165, 1.54) is 5.56 Å². The molecule has 2 aromatic carbocycles. The summed E-state index contributed by atoms with van der Waals surface area (Å²) in [4.78, 5) is 12.8. The molecule has 1 heterocycles. The number of rotatable bonds is 4. The number of benzene rings is 2. The van der Waals surface area contributed by atoms with Crippen LogP contribution in [0.1, 0.15) is 41.9 Å². The van der Waals surface area contributed by atoms with Gasteiger partial charge in [-0.2, -0.15) is 5.26 Å². The maximum absolute atomic E-state index is 12.8. The highest BCUT2D eigenvalue weighted by Crippen LogP contribution is 2.45. The monoisotopic (exact) mass is 386 g/mol. The summed E-state index contributed by atoms with van der Waals surface area (Å²) in [7, 11) is 0. The van der Waals surface area contributed by atoms with Gasteiger partial charge in [0.25, 0.3) is 0 Å². The van der Waals surface area contributed by atoms with Crippen molar-refractivity contribution in [1.29, 1.82) is 5.26 Å². The predicted molar refractivity (Wildman–Crippen MR) is 108 cm³/mol. The average molecular weight is 386 g/mol. The Morgan fingerprint density at radius 3 is 2.69 bits per heavy atom. The summed E-state index contributed by atoms with van der Waals surface area (Å²) in [6, 6.07) is 17.8. The zero-order chi connectivity index (χ0) is 20.4. The quantitative estimate of drug-likeness (QED) is 0.842. The first-order valence-electron chi connectivity index (χ1n) is 9.69. The average Bonchev–Trinajstić information content (AvgIpc) is 2.73. The third-order valence-corrected chi connectivity index (χ3v) is 5.35. The molecule has 5 heteroatoms. The van der Waals surface area contributed by atoms with Crippen molar-refractivity contribution in [3.05, 3.63) is 88.0 Å². The lowest BCUT2D eigenvalue weighted by atomic mass is 9.77. The smallest absolute Gasteiger partial charge is 0.205 e. The van der Waals surface area contributed by atoms with Crippen LogP contribution in [0.2, 0.25) is 0 Å². The van der Waals surface area contributed by atoms with E-state index in [9.17, 15) is 10.1 Å². The second kappa shape index (κ2) is 7.84. The molecule has 2 aliphatic rings. The Morgan fingerprint density at radius 1 is 1.17 bits per heavy atom. The summed E-state index contributed by atoms with van der Waals surface area (Å²) in [5.74, 6) is 0.719. The first-order valence-corrected chi connectivity index (χ1v) is 9.69. The fourth-order valence-corrected chi connectivity index (χ4v) is 3.86. The molecular weight excluding hydrogens is 364 g/mol. The van der Waals surface area contributed by atoms with Crippen molar-refractivity contribution in [3.8, 4) is 11.8 Å². The van der Waals surface area contributed by atoms with E-state index in [0.29, 0.717) is 36.5 Å². The standard InChI is InChI=1S/C24H22N2O3/c1-15-9-11-16(12-10-15)14-28-20-7-3-2-5-17(20)22-18(13-25)24(26)29-21-8-4-6-19(27)23(21)22/h2-3,5,7,9-12,22H,4,6,8,14,26H2,1H3.